The molecule has 15 heteroatoms. The van der Waals surface area contributed by atoms with Gasteiger partial charge in [-0.05, 0) is 6.42 Å². The molecule has 190 valence electrons. The lowest BCUT2D eigenvalue weighted by Gasteiger charge is -2.24. The minimum Gasteiger partial charge on any atom is -0.481 e. The van der Waals surface area contributed by atoms with Gasteiger partial charge in [0.25, 0.3) is 10.1 Å². The van der Waals surface area contributed by atoms with Gasteiger partial charge in [0.15, 0.2) is 0 Å². The minimum absolute atomic E-state index is 0. The molecule has 0 radical (unpaired) electrons. The Balaban J connectivity index is -0.000000464. The van der Waals surface area contributed by atoms with E-state index in [1.807, 2.05) is 0 Å². The Labute approximate surface area is 184 Å². The van der Waals surface area contributed by atoms with Crippen molar-refractivity contribution >= 4 is 32.5 Å². The van der Waals surface area contributed by atoms with Crippen molar-refractivity contribution in [3.8, 4) is 0 Å². The number of hydrogen-bond donors (Lipinski definition) is 7. The molecule has 1 unspecified atom stereocenters. The van der Waals surface area contributed by atoms with Gasteiger partial charge in [0, 0.05) is 0 Å². The van der Waals surface area contributed by atoms with Crippen LogP contribution >= 0.6 is 0 Å². The smallest absolute Gasteiger partial charge is 0.394 e. The summed E-state index contributed by atoms with van der Waals surface area (Å²) >= 11 is 0. The highest BCUT2D eigenvalue weighted by Gasteiger charge is 2.51. The van der Waals surface area contributed by atoms with Gasteiger partial charge in [-0.2, -0.15) is 16.8 Å². The van der Waals surface area contributed by atoms with Crippen LogP contribution in [0.1, 0.15) is 84.0 Å². The van der Waals surface area contributed by atoms with Crippen molar-refractivity contribution in [1.82, 2.24) is 12.3 Å². The molecule has 0 amide bonds. The van der Waals surface area contributed by atoms with Crippen molar-refractivity contribution in [2.24, 2.45) is 0 Å². The van der Waals surface area contributed by atoms with Gasteiger partial charge in [0.2, 0.25) is 4.75 Å². The minimum atomic E-state index is -5.01. The molecular formula is C16H38N2O11S2. The van der Waals surface area contributed by atoms with Crippen LogP contribution in [0.5, 0.6) is 0 Å². The van der Waals surface area contributed by atoms with Gasteiger partial charge in [-0.3, -0.25) is 23.2 Å². The van der Waals surface area contributed by atoms with Crippen LogP contribution in [0.4, 0.5) is 0 Å². The molecule has 0 saturated carbocycles. The fourth-order valence-corrected chi connectivity index (χ4v) is 3.67. The van der Waals surface area contributed by atoms with E-state index in [-0.39, 0.29) is 18.7 Å². The zero-order valence-corrected chi connectivity index (χ0v) is 19.5. The predicted octanol–water partition coefficient (Wildman–Crippen LogP) is 3.15. The van der Waals surface area contributed by atoms with Crippen LogP contribution < -0.4 is 12.3 Å². The van der Waals surface area contributed by atoms with Crippen molar-refractivity contribution in [1.29, 1.82) is 0 Å². The van der Waals surface area contributed by atoms with Crippen molar-refractivity contribution < 1.29 is 50.3 Å². The second-order valence-electron chi connectivity index (χ2n) is 6.72. The van der Waals surface area contributed by atoms with Gasteiger partial charge in [0.05, 0.1) is 6.42 Å². The summed E-state index contributed by atoms with van der Waals surface area (Å²) in [5.74, 6) is -3.38. The topological polar surface area (TPSA) is 274 Å². The van der Waals surface area contributed by atoms with Crippen LogP contribution in [0.15, 0.2) is 0 Å². The maximum atomic E-state index is 11.4. The number of carbonyl (C=O) groups is 2. The summed E-state index contributed by atoms with van der Waals surface area (Å²) in [5.41, 5.74) is 0. The molecule has 0 spiro atoms. The normalized spacial score (nSPS) is 12.9. The number of aliphatic carboxylic acids is 2. The van der Waals surface area contributed by atoms with Gasteiger partial charge >= 0.3 is 22.3 Å². The molecule has 0 aliphatic rings. The number of rotatable bonds is 15. The Morgan fingerprint density at radius 2 is 1.03 bits per heavy atom. The lowest BCUT2D eigenvalue weighted by atomic mass is 9.96. The summed E-state index contributed by atoms with van der Waals surface area (Å²) in [6, 6.07) is 0. The first-order valence-electron chi connectivity index (χ1n) is 9.29. The van der Waals surface area contributed by atoms with E-state index in [0.29, 0.717) is 6.42 Å². The fraction of sp³-hybridized carbons (Fsp3) is 0.875. The Morgan fingerprint density at radius 1 is 0.710 bits per heavy atom. The zero-order chi connectivity index (χ0) is 23.1. The summed E-state index contributed by atoms with van der Waals surface area (Å²) in [4.78, 5) is 22.1. The lowest BCUT2D eigenvalue weighted by molar-refractivity contribution is -0.147. The molecule has 0 aromatic carbocycles. The Morgan fingerprint density at radius 3 is 1.29 bits per heavy atom. The van der Waals surface area contributed by atoms with Crippen LogP contribution in [0, 0.1) is 0 Å². The Hall–Kier alpha value is -1.36. The average molecular weight is 499 g/mol. The van der Waals surface area contributed by atoms with Crippen molar-refractivity contribution in [3.63, 3.8) is 0 Å². The summed E-state index contributed by atoms with van der Waals surface area (Å²) < 4.78 is 61.0. The molecule has 0 aromatic heterocycles. The highest BCUT2D eigenvalue weighted by Crippen LogP contribution is 2.29. The van der Waals surface area contributed by atoms with Gasteiger partial charge in [0.1, 0.15) is 0 Å². The monoisotopic (exact) mass is 498 g/mol. The third-order valence-corrected chi connectivity index (χ3v) is 5.77. The number of hydrogen-bond acceptors (Lipinski definition) is 8. The molecule has 11 N–H and O–H groups in total. The van der Waals surface area contributed by atoms with Gasteiger partial charge in [-0.1, -0.05) is 71.1 Å². The first-order valence-corrected chi connectivity index (χ1v) is 12.1. The highest BCUT2D eigenvalue weighted by atomic mass is 32.3. The number of carboxylic acid groups (broad SMARTS) is 2. The third kappa shape index (κ3) is 20.3. The molecule has 0 fully saturated rings. The summed E-state index contributed by atoms with van der Waals surface area (Å²) in [7, 11) is -9.68. The molecular weight excluding hydrogens is 460 g/mol. The largest absolute Gasteiger partial charge is 0.481 e. The van der Waals surface area contributed by atoms with Crippen LogP contribution in [0.2, 0.25) is 0 Å². The molecule has 13 nitrogen and oxygen atoms in total. The van der Waals surface area contributed by atoms with Crippen LogP contribution in [0.25, 0.3) is 0 Å². The quantitative estimate of drug-likeness (QED) is 0.126. The SMILES string of the molecule is CCCCCCCCCCCCC(CC(=O)O)(C(=O)O)S(=O)(=O)O.N.N.O=S(=O)(O)O. The van der Waals surface area contributed by atoms with Crippen molar-refractivity contribution in [2.75, 3.05) is 0 Å². The number of unbranched alkanes of at least 4 members (excludes halogenated alkanes) is 9. The molecule has 0 aromatic rings. The standard InChI is InChI=1S/C16H30O7S.2H3N.H2O4S/c1-2-3-4-5-6-7-8-9-10-11-12-16(15(19)20,13-14(17)18)24(21,22)23;;;1-5(2,3)4/h2-13H2,1H3,(H,17,18)(H,19,20)(H,21,22,23);2*1H3;(H2,1,2,3,4). The number of carboxylic acids is 2. The van der Waals surface area contributed by atoms with E-state index >= 15 is 0 Å². The summed E-state index contributed by atoms with van der Waals surface area (Å²) in [5, 5.41) is 17.9. The van der Waals surface area contributed by atoms with Gasteiger partial charge in [-0.25, -0.2) is 0 Å². The van der Waals surface area contributed by atoms with Crippen molar-refractivity contribution in [3.05, 3.63) is 0 Å². The third-order valence-electron chi connectivity index (χ3n) is 4.25. The van der Waals surface area contributed by atoms with E-state index in [1.54, 1.807) is 0 Å². The maximum Gasteiger partial charge on any atom is 0.394 e. The van der Waals surface area contributed by atoms with Crippen LogP contribution in [-0.4, -0.2) is 57.4 Å². The Bertz CT molecular complexity index is 688. The molecule has 31 heavy (non-hydrogen) atoms. The zero-order valence-electron chi connectivity index (χ0n) is 17.9. The van der Waals surface area contributed by atoms with E-state index in [9.17, 15) is 22.6 Å². The molecule has 0 aliphatic heterocycles. The molecule has 1 atom stereocenters. The molecule has 0 bridgehead atoms. The predicted molar refractivity (Wildman–Crippen MR) is 115 cm³/mol. The average Bonchev–Trinajstić information content (AvgIpc) is 2.52. The van der Waals surface area contributed by atoms with E-state index < -0.39 is 50.0 Å². The summed E-state index contributed by atoms with van der Waals surface area (Å²) in [6.45, 7) is 2.16. The molecule has 0 rings (SSSR count). The molecule has 0 heterocycles. The summed E-state index contributed by atoms with van der Waals surface area (Å²) in [6.07, 6.45) is 8.27. The van der Waals surface area contributed by atoms with E-state index in [0.717, 1.165) is 25.7 Å². The maximum absolute atomic E-state index is 11.4. The second kappa shape index (κ2) is 18.2. The molecule has 0 aliphatic carbocycles. The fourth-order valence-electron chi connectivity index (χ4n) is 2.74. The first-order chi connectivity index (χ1) is 13.2. The first kappa shape index (κ1) is 37.0. The van der Waals surface area contributed by atoms with Gasteiger partial charge in [-0.15, -0.1) is 0 Å². The lowest BCUT2D eigenvalue weighted by Crippen LogP contribution is -2.48. The van der Waals surface area contributed by atoms with E-state index in [2.05, 4.69) is 6.92 Å². The Kier molecular flexibility index (Phi) is 21.8. The second-order valence-corrected chi connectivity index (χ2v) is 9.35. The highest BCUT2D eigenvalue weighted by molar-refractivity contribution is 7.88. The van der Waals surface area contributed by atoms with Crippen LogP contribution in [-0.2, 0) is 30.1 Å². The van der Waals surface area contributed by atoms with Gasteiger partial charge < -0.3 is 22.5 Å². The van der Waals surface area contributed by atoms with E-state index in [1.165, 1.54) is 25.7 Å². The van der Waals surface area contributed by atoms with E-state index in [4.69, 9.17) is 27.7 Å². The molecule has 0 saturated heterocycles. The van der Waals surface area contributed by atoms with Crippen LogP contribution in [0.3, 0.4) is 0 Å². The van der Waals surface area contributed by atoms with Crippen molar-refractivity contribution in [2.45, 2.75) is 88.7 Å².